The average molecular weight is 308 g/mol. The highest BCUT2D eigenvalue weighted by Gasteiger charge is 2.67. The lowest BCUT2D eigenvalue weighted by atomic mass is 9.43. The van der Waals surface area contributed by atoms with Gasteiger partial charge in [0.05, 0.1) is 17.8 Å². The Bertz CT molecular complexity index is 475. The van der Waals surface area contributed by atoms with Crippen LogP contribution in [-0.2, 0) is 0 Å². The Labute approximate surface area is 134 Å². The van der Waals surface area contributed by atoms with E-state index in [1.807, 2.05) is 0 Å². The molecule has 0 amide bonds. The van der Waals surface area contributed by atoms with Crippen molar-refractivity contribution in [2.24, 2.45) is 28.6 Å². The van der Waals surface area contributed by atoms with Crippen LogP contribution in [0.3, 0.4) is 0 Å². The Morgan fingerprint density at radius 3 is 2.45 bits per heavy atom. The van der Waals surface area contributed by atoms with Crippen molar-refractivity contribution >= 4 is 0 Å². The fraction of sp³-hybridized carbons (Fsp3) is 1.00. The quantitative estimate of drug-likeness (QED) is 0.698. The molecular weight excluding hydrogens is 276 g/mol. The van der Waals surface area contributed by atoms with E-state index in [0.29, 0.717) is 11.8 Å². The molecule has 1 spiro atoms. The van der Waals surface area contributed by atoms with Crippen molar-refractivity contribution in [1.29, 1.82) is 0 Å². The molecule has 4 aliphatic carbocycles. The molecule has 3 heteroatoms. The highest BCUT2D eigenvalue weighted by atomic mass is 16.3. The number of rotatable bonds is 1. The molecule has 4 aliphatic rings. The van der Waals surface area contributed by atoms with Gasteiger partial charge in [0, 0.05) is 0 Å². The topological polar surface area (TPSA) is 60.7 Å². The van der Waals surface area contributed by atoms with Crippen LogP contribution in [0.1, 0.15) is 71.6 Å². The molecule has 3 N–H and O–H groups in total. The van der Waals surface area contributed by atoms with Crippen LogP contribution in [0.25, 0.3) is 0 Å². The van der Waals surface area contributed by atoms with E-state index in [4.69, 9.17) is 0 Å². The van der Waals surface area contributed by atoms with Crippen molar-refractivity contribution in [3.63, 3.8) is 0 Å². The Morgan fingerprint density at radius 1 is 0.955 bits per heavy atom. The fourth-order valence-electron chi connectivity index (χ4n) is 7.77. The minimum Gasteiger partial charge on any atom is -0.393 e. The average Bonchev–Trinajstić information content (AvgIpc) is 2.65. The predicted octanol–water partition coefficient (Wildman–Crippen LogP) is 2.87. The van der Waals surface area contributed by atoms with Crippen molar-refractivity contribution in [2.75, 3.05) is 6.61 Å². The van der Waals surface area contributed by atoms with Gasteiger partial charge in [0.1, 0.15) is 0 Å². The summed E-state index contributed by atoms with van der Waals surface area (Å²) in [6, 6.07) is 0. The molecule has 22 heavy (non-hydrogen) atoms. The minimum absolute atomic E-state index is 0.0794. The van der Waals surface area contributed by atoms with Gasteiger partial charge in [-0.2, -0.15) is 0 Å². The monoisotopic (exact) mass is 308 g/mol. The normalized spacial score (nSPS) is 60.7. The van der Waals surface area contributed by atoms with Gasteiger partial charge >= 0.3 is 0 Å². The van der Waals surface area contributed by atoms with Crippen LogP contribution < -0.4 is 0 Å². The van der Waals surface area contributed by atoms with E-state index >= 15 is 0 Å². The highest BCUT2D eigenvalue weighted by molar-refractivity contribution is 5.17. The van der Waals surface area contributed by atoms with Crippen molar-refractivity contribution in [1.82, 2.24) is 0 Å². The van der Waals surface area contributed by atoms with Crippen LogP contribution in [0.4, 0.5) is 0 Å². The van der Waals surface area contributed by atoms with E-state index in [1.54, 1.807) is 0 Å². The van der Waals surface area contributed by atoms with Gasteiger partial charge in [-0.15, -0.1) is 0 Å². The standard InChI is InChI=1S/C19H32O3/c1-16-7-3-8-17(2,21)14(16)6-9-18-10-13(4-5-15(16)18)19(22,11-18)12-20/h13-15,20-22H,3-12H2,1-2H3/t13-,14-,15+,16+,17+,18-,19+/m0/s1. The first-order valence-corrected chi connectivity index (χ1v) is 9.31. The summed E-state index contributed by atoms with van der Waals surface area (Å²) in [6.45, 7) is 4.40. The summed E-state index contributed by atoms with van der Waals surface area (Å²) in [7, 11) is 0. The van der Waals surface area contributed by atoms with E-state index in [0.717, 1.165) is 44.9 Å². The first kappa shape index (κ1) is 15.4. The predicted molar refractivity (Wildman–Crippen MR) is 85.2 cm³/mol. The van der Waals surface area contributed by atoms with E-state index < -0.39 is 11.2 Å². The second-order valence-electron chi connectivity index (χ2n) is 9.64. The van der Waals surface area contributed by atoms with Crippen LogP contribution in [0.15, 0.2) is 0 Å². The smallest absolute Gasteiger partial charge is 0.0910 e. The molecule has 0 aromatic heterocycles. The maximum absolute atomic E-state index is 11.0. The molecule has 0 radical (unpaired) electrons. The number of hydrogen-bond donors (Lipinski definition) is 3. The summed E-state index contributed by atoms with van der Waals surface area (Å²) >= 11 is 0. The van der Waals surface area contributed by atoms with Gasteiger partial charge < -0.3 is 15.3 Å². The SMILES string of the molecule is C[C@@]12CCC[C@@](C)(O)[C@H]1CC[C@@]13C[C@H](CC[C@@H]12)[C@](O)(CO)C3. The zero-order valence-corrected chi connectivity index (χ0v) is 14.1. The molecule has 0 heterocycles. The summed E-state index contributed by atoms with van der Waals surface area (Å²) in [5, 5.41) is 31.6. The molecule has 4 saturated carbocycles. The number of hydrogen-bond acceptors (Lipinski definition) is 3. The van der Waals surface area contributed by atoms with Crippen LogP contribution >= 0.6 is 0 Å². The summed E-state index contributed by atoms with van der Waals surface area (Å²) < 4.78 is 0. The van der Waals surface area contributed by atoms with Gasteiger partial charge in [0.2, 0.25) is 0 Å². The fourth-order valence-corrected chi connectivity index (χ4v) is 7.77. The van der Waals surface area contributed by atoms with Gasteiger partial charge in [-0.1, -0.05) is 13.3 Å². The van der Waals surface area contributed by atoms with Gasteiger partial charge in [-0.05, 0) is 86.9 Å². The molecule has 0 unspecified atom stereocenters. The summed E-state index contributed by atoms with van der Waals surface area (Å²) in [5.74, 6) is 1.31. The van der Waals surface area contributed by atoms with Crippen LogP contribution in [-0.4, -0.2) is 33.1 Å². The molecule has 0 aliphatic heterocycles. The molecule has 0 aromatic carbocycles. The molecule has 0 aromatic rings. The maximum Gasteiger partial charge on any atom is 0.0910 e. The summed E-state index contributed by atoms with van der Waals surface area (Å²) in [5.41, 5.74) is -0.919. The Balaban J connectivity index is 1.72. The number of aliphatic hydroxyl groups is 3. The second kappa shape index (κ2) is 4.49. The molecule has 7 atom stereocenters. The van der Waals surface area contributed by atoms with Gasteiger partial charge in [0.25, 0.3) is 0 Å². The van der Waals surface area contributed by atoms with Gasteiger partial charge in [-0.25, -0.2) is 0 Å². The summed E-state index contributed by atoms with van der Waals surface area (Å²) in [6.07, 6.45) is 9.62. The van der Waals surface area contributed by atoms with E-state index in [9.17, 15) is 15.3 Å². The van der Waals surface area contributed by atoms with E-state index in [2.05, 4.69) is 13.8 Å². The Morgan fingerprint density at radius 2 is 1.73 bits per heavy atom. The third-order valence-corrected chi connectivity index (χ3v) is 8.56. The zero-order chi connectivity index (χ0) is 15.8. The largest absolute Gasteiger partial charge is 0.393 e. The van der Waals surface area contributed by atoms with Crippen molar-refractivity contribution < 1.29 is 15.3 Å². The van der Waals surface area contributed by atoms with Crippen molar-refractivity contribution in [2.45, 2.75) is 82.8 Å². The lowest BCUT2D eigenvalue weighted by Crippen LogP contribution is -2.58. The zero-order valence-electron chi connectivity index (χ0n) is 14.1. The molecule has 0 saturated heterocycles. The number of fused-ring (bicyclic) bond motifs is 3. The number of aliphatic hydroxyl groups excluding tert-OH is 1. The second-order valence-corrected chi connectivity index (χ2v) is 9.64. The molecule has 4 rings (SSSR count). The Kier molecular flexibility index (Phi) is 3.14. The molecule has 3 nitrogen and oxygen atoms in total. The van der Waals surface area contributed by atoms with Crippen LogP contribution in [0.5, 0.6) is 0 Å². The first-order valence-electron chi connectivity index (χ1n) is 9.31. The summed E-state index contributed by atoms with van der Waals surface area (Å²) in [4.78, 5) is 0. The van der Waals surface area contributed by atoms with Crippen molar-refractivity contribution in [3.05, 3.63) is 0 Å². The third-order valence-electron chi connectivity index (χ3n) is 8.56. The van der Waals surface area contributed by atoms with Crippen LogP contribution in [0, 0.1) is 28.6 Å². The molecule has 4 fully saturated rings. The van der Waals surface area contributed by atoms with E-state index in [1.165, 1.54) is 12.8 Å². The minimum atomic E-state index is -0.838. The maximum atomic E-state index is 11.0. The molecule has 2 bridgehead atoms. The highest BCUT2D eigenvalue weighted by Crippen LogP contribution is 2.71. The van der Waals surface area contributed by atoms with E-state index in [-0.39, 0.29) is 23.4 Å². The van der Waals surface area contributed by atoms with Gasteiger partial charge in [-0.3, -0.25) is 0 Å². The lowest BCUT2D eigenvalue weighted by Gasteiger charge is -2.63. The van der Waals surface area contributed by atoms with Crippen LogP contribution in [0.2, 0.25) is 0 Å². The van der Waals surface area contributed by atoms with Crippen molar-refractivity contribution in [3.8, 4) is 0 Å². The Hall–Kier alpha value is -0.120. The lowest BCUT2D eigenvalue weighted by molar-refractivity contribution is -0.180. The first-order chi connectivity index (χ1) is 10.3. The molecule has 126 valence electrons. The third kappa shape index (κ3) is 1.79. The van der Waals surface area contributed by atoms with Gasteiger partial charge in [0.15, 0.2) is 0 Å². The molecular formula is C19H32O3.